The fraction of sp³-hybridized carbons (Fsp3) is 1.00. The lowest BCUT2D eigenvalue weighted by Gasteiger charge is -2.27. The minimum absolute atomic E-state index is 0.319. The van der Waals surface area contributed by atoms with Crippen LogP contribution < -0.4 is 5.32 Å². The third kappa shape index (κ3) is 2.46. The van der Waals surface area contributed by atoms with Crippen molar-refractivity contribution >= 4 is 0 Å². The van der Waals surface area contributed by atoms with Crippen LogP contribution in [0.3, 0.4) is 0 Å². The highest BCUT2D eigenvalue weighted by molar-refractivity contribution is 4.93. The molecule has 2 atom stereocenters. The molecular weight excluding hydrogens is 150 g/mol. The lowest BCUT2D eigenvalue weighted by atomic mass is 10.0. The summed E-state index contributed by atoms with van der Waals surface area (Å²) in [7, 11) is 0. The Labute approximate surface area is 75.4 Å². The Morgan fingerprint density at radius 3 is 2.67 bits per heavy atom. The standard InChI is InChI=1S/C10H21NO/c1-8(2)7-11-9-5-4-6-10(9,3)12/h8-9,11-12H,4-7H2,1-3H3/t9-,10+/m1/s1. The van der Waals surface area contributed by atoms with Crippen LogP contribution in [0.2, 0.25) is 0 Å². The molecule has 2 N–H and O–H groups in total. The molecule has 0 spiro atoms. The van der Waals surface area contributed by atoms with Gasteiger partial charge in [0.1, 0.15) is 0 Å². The van der Waals surface area contributed by atoms with Crippen molar-refractivity contribution in [1.82, 2.24) is 5.32 Å². The normalized spacial score (nSPS) is 36.2. The Kier molecular flexibility index (Phi) is 3.13. The van der Waals surface area contributed by atoms with Crippen molar-refractivity contribution in [3.63, 3.8) is 0 Å². The topological polar surface area (TPSA) is 32.3 Å². The summed E-state index contributed by atoms with van der Waals surface area (Å²) >= 11 is 0. The number of hydrogen-bond donors (Lipinski definition) is 2. The number of rotatable bonds is 3. The molecular formula is C10H21NO. The number of nitrogens with one attached hydrogen (secondary N) is 1. The molecule has 72 valence electrons. The van der Waals surface area contributed by atoms with Gasteiger partial charge >= 0.3 is 0 Å². The molecule has 0 aromatic rings. The van der Waals surface area contributed by atoms with E-state index in [2.05, 4.69) is 19.2 Å². The average molecular weight is 171 g/mol. The third-order valence-corrected chi connectivity index (χ3v) is 2.70. The molecule has 0 unspecified atom stereocenters. The van der Waals surface area contributed by atoms with E-state index in [1.807, 2.05) is 6.92 Å². The quantitative estimate of drug-likeness (QED) is 0.675. The SMILES string of the molecule is CC(C)CN[C@@H]1CCC[C@]1(C)O. The molecule has 0 aliphatic heterocycles. The monoisotopic (exact) mass is 171 g/mol. The van der Waals surface area contributed by atoms with Gasteiger partial charge in [0.2, 0.25) is 0 Å². The molecule has 0 amide bonds. The van der Waals surface area contributed by atoms with E-state index in [9.17, 15) is 5.11 Å². The van der Waals surface area contributed by atoms with E-state index in [1.165, 1.54) is 0 Å². The van der Waals surface area contributed by atoms with Crippen LogP contribution in [0.25, 0.3) is 0 Å². The molecule has 1 aliphatic rings. The first kappa shape index (κ1) is 10.0. The van der Waals surface area contributed by atoms with Crippen molar-refractivity contribution in [2.75, 3.05) is 6.54 Å². The van der Waals surface area contributed by atoms with Gasteiger partial charge in [0.25, 0.3) is 0 Å². The van der Waals surface area contributed by atoms with Gasteiger partial charge in [-0.1, -0.05) is 13.8 Å². The van der Waals surface area contributed by atoms with Crippen molar-refractivity contribution in [1.29, 1.82) is 0 Å². The zero-order valence-electron chi connectivity index (χ0n) is 8.43. The zero-order chi connectivity index (χ0) is 9.19. The molecule has 0 bridgehead atoms. The van der Waals surface area contributed by atoms with Crippen LogP contribution in [0.15, 0.2) is 0 Å². The van der Waals surface area contributed by atoms with Crippen LogP contribution in [0, 0.1) is 5.92 Å². The Bertz CT molecular complexity index is 143. The van der Waals surface area contributed by atoms with Gasteiger partial charge in [-0.05, 0) is 38.6 Å². The summed E-state index contributed by atoms with van der Waals surface area (Å²) in [6.07, 6.45) is 3.23. The molecule has 2 nitrogen and oxygen atoms in total. The predicted molar refractivity (Wildman–Crippen MR) is 51.1 cm³/mol. The molecule has 1 aliphatic carbocycles. The minimum atomic E-state index is -0.463. The Morgan fingerprint density at radius 1 is 1.58 bits per heavy atom. The predicted octanol–water partition coefficient (Wildman–Crippen LogP) is 1.54. The molecule has 1 rings (SSSR count). The third-order valence-electron chi connectivity index (χ3n) is 2.70. The van der Waals surface area contributed by atoms with Crippen LogP contribution in [-0.2, 0) is 0 Å². The Hall–Kier alpha value is -0.0800. The first-order valence-electron chi connectivity index (χ1n) is 4.98. The molecule has 0 heterocycles. The minimum Gasteiger partial charge on any atom is -0.389 e. The highest BCUT2D eigenvalue weighted by Crippen LogP contribution is 2.29. The van der Waals surface area contributed by atoms with Crippen molar-refractivity contribution in [3.05, 3.63) is 0 Å². The molecule has 1 fully saturated rings. The first-order chi connectivity index (χ1) is 5.52. The van der Waals surface area contributed by atoms with Crippen LogP contribution in [0.4, 0.5) is 0 Å². The maximum absolute atomic E-state index is 9.90. The highest BCUT2D eigenvalue weighted by Gasteiger charge is 2.36. The summed E-state index contributed by atoms with van der Waals surface area (Å²) in [5.74, 6) is 0.668. The van der Waals surface area contributed by atoms with Gasteiger partial charge in [-0.2, -0.15) is 0 Å². The van der Waals surface area contributed by atoms with Crippen molar-refractivity contribution in [2.45, 2.75) is 51.7 Å². The van der Waals surface area contributed by atoms with Gasteiger partial charge in [-0.15, -0.1) is 0 Å². The molecule has 2 heteroatoms. The van der Waals surface area contributed by atoms with Gasteiger partial charge in [0.15, 0.2) is 0 Å². The van der Waals surface area contributed by atoms with Crippen molar-refractivity contribution < 1.29 is 5.11 Å². The van der Waals surface area contributed by atoms with Gasteiger partial charge in [-0.3, -0.25) is 0 Å². The summed E-state index contributed by atoms with van der Waals surface area (Å²) in [6, 6.07) is 0.319. The van der Waals surface area contributed by atoms with Crippen LogP contribution >= 0.6 is 0 Å². The largest absolute Gasteiger partial charge is 0.389 e. The fourth-order valence-electron chi connectivity index (χ4n) is 1.85. The second-order valence-electron chi connectivity index (χ2n) is 4.60. The van der Waals surface area contributed by atoms with E-state index >= 15 is 0 Å². The molecule has 0 aromatic heterocycles. The zero-order valence-corrected chi connectivity index (χ0v) is 8.43. The second kappa shape index (κ2) is 3.75. The van der Waals surface area contributed by atoms with Gasteiger partial charge < -0.3 is 10.4 Å². The first-order valence-corrected chi connectivity index (χ1v) is 4.98. The fourth-order valence-corrected chi connectivity index (χ4v) is 1.85. The van der Waals surface area contributed by atoms with Crippen LogP contribution in [0.5, 0.6) is 0 Å². The molecule has 12 heavy (non-hydrogen) atoms. The molecule has 0 radical (unpaired) electrons. The maximum Gasteiger partial charge on any atom is 0.0772 e. The van der Waals surface area contributed by atoms with Crippen LogP contribution in [0.1, 0.15) is 40.0 Å². The molecule has 0 saturated heterocycles. The summed E-state index contributed by atoms with van der Waals surface area (Å²) in [6.45, 7) is 7.34. The smallest absolute Gasteiger partial charge is 0.0772 e. The second-order valence-corrected chi connectivity index (χ2v) is 4.60. The van der Waals surface area contributed by atoms with Crippen molar-refractivity contribution in [3.8, 4) is 0 Å². The van der Waals surface area contributed by atoms with E-state index in [1.54, 1.807) is 0 Å². The van der Waals surface area contributed by atoms with Crippen molar-refractivity contribution in [2.24, 2.45) is 5.92 Å². The van der Waals surface area contributed by atoms with E-state index in [0.717, 1.165) is 25.8 Å². The number of hydrogen-bond acceptors (Lipinski definition) is 2. The highest BCUT2D eigenvalue weighted by atomic mass is 16.3. The Balaban J connectivity index is 2.32. The van der Waals surface area contributed by atoms with Gasteiger partial charge in [0, 0.05) is 6.04 Å². The summed E-state index contributed by atoms with van der Waals surface area (Å²) in [4.78, 5) is 0. The average Bonchev–Trinajstić information content (AvgIpc) is 2.25. The van der Waals surface area contributed by atoms with Gasteiger partial charge in [-0.25, -0.2) is 0 Å². The van der Waals surface area contributed by atoms with E-state index in [4.69, 9.17) is 0 Å². The lowest BCUT2D eigenvalue weighted by molar-refractivity contribution is 0.0385. The lowest BCUT2D eigenvalue weighted by Crippen LogP contribution is -2.45. The maximum atomic E-state index is 9.90. The summed E-state index contributed by atoms with van der Waals surface area (Å²) in [5, 5.41) is 13.3. The van der Waals surface area contributed by atoms with Gasteiger partial charge in [0.05, 0.1) is 5.60 Å². The summed E-state index contributed by atoms with van der Waals surface area (Å²) in [5.41, 5.74) is -0.463. The van der Waals surface area contributed by atoms with E-state index < -0.39 is 5.60 Å². The molecule has 1 saturated carbocycles. The Morgan fingerprint density at radius 2 is 2.25 bits per heavy atom. The summed E-state index contributed by atoms with van der Waals surface area (Å²) < 4.78 is 0. The van der Waals surface area contributed by atoms with Crippen LogP contribution in [-0.4, -0.2) is 23.3 Å². The van der Waals surface area contributed by atoms with E-state index in [-0.39, 0.29) is 0 Å². The number of aliphatic hydroxyl groups is 1. The van der Waals surface area contributed by atoms with E-state index in [0.29, 0.717) is 12.0 Å². The molecule has 0 aromatic carbocycles.